The number of aromatic nitrogens is 3. The number of methoxy groups -OCH3 is 1. The Labute approximate surface area is 176 Å². The molecule has 0 saturated heterocycles. The molecule has 150 valence electrons. The number of amides is 1. The summed E-state index contributed by atoms with van der Waals surface area (Å²) in [6.45, 7) is 4.35. The molecule has 0 aliphatic heterocycles. The molecule has 0 radical (unpaired) electrons. The number of benzene rings is 1. The molecule has 1 amide bonds. The molecule has 0 aliphatic rings. The van der Waals surface area contributed by atoms with E-state index >= 15 is 0 Å². The molecule has 0 atom stereocenters. The maximum Gasteiger partial charge on any atom is 0.340 e. The van der Waals surface area contributed by atoms with Gasteiger partial charge in [0.1, 0.15) is 10.8 Å². The summed E-state index contributed by atoms with van der Waals surface area (Å²) in [6, 6.07) is 11.6. The van der Waals surface area contributed by atoms with Crippen molar-refractivity contribution in [2.75, 3.05) is 18.2 Å². The molecule has 7 nitrogen and oxygen atoms in total. The molecule has 0 aliphatic carbocycles. The van der Waals surface area contributed by atoms with Gasteiger partial charge in [0.15, 0.2) is 5.16 Å². The molecule has 29 heavy (non-hydrogen) atoms. The number of carbonyl (C=O) groups excluding carboxylic acids is 2. The lowest BCUT2D eigenvalue weighted by Crippen LogP contribution is -2.16. The average molecular weight is 429 g/mol. The Balaban J connectivity index is 1.65. The van der Waals surface area contributed by atoms with Crippen molar-refractivity contribution in [2.24, 2.45) is 0 Å². The number of ether oxygens (including phenoxy) is 1. The van der Waals surface area contributed by atoms with Crippen molar-refractivity contribution in [1.82, 2.24) is 14.8 Å². The number of hydrogen-bond acceptors (Lipinski definition) is 7. The van der Waals surface area contributed by atoms with Crippen LogP contribution in [0.3, 0.4) is 0 Å². The number of thiophene rings is 1. The lowest BCUT2D eigenvalue weighted by Gasteiger charge is -2.08. The third kappa shape index (κ3) is 5.33. The molecule has 3 rings (SSSR count). The van der Waals surface area contributed by atoms with Crippen molar-refractivity contribution in [3.8, 4) is 0 Å². The highest BCUT2D eigenvalue weighted by atomic mass is 32.2. The summed E-state index contributed by atoms with van der Waals surface area (Å²) in [4.78, 5) is 24.1. The van der Waals surface area contributed by atoms with Crippen LogP contribution in [0.5, 0.6) is 0 Å². The van der Waals surface area contributed by atoms with Crippen LogP contribution in [0.4, 0.5) is 5.00 Å². The Kier molecular flexibility index (Phi) is 7.20. The molecule has 0 spiro atoms. The van der Waals surface area contributed by atoms with E-state index in [-0.39, 0.29) is 11.7 Å². The van der Waals surface area contributed by atoms with Crippen LogP contribution in [0.25, 0.3) is 0 Å². The van der Waals surface area contributed by atoms with Gasteiger partial charge in [-0.15, -0.1) is 28.1 Å². The fraction of sp³-hybridized carbons (Fsp3) is 0.200. The van der Waals surface area contributed by atoms with Gasteiger partial charge in [-0.05, 0) is 17.0 Å². The number of allylic oxidation sites excluding steroid dienone is 1. The highest BCUT2D eigenvalue weighted by Gasteiger charge is 2.17. The lowest BCUT2D eigenvalue weighted by atomic mass is 10.1. The Morgan fingerprint density at radius 1 is 1.28 bits per heavy atom. The van der Waals surface area contributed by atoms with Gasteiger partial charge in [0, 0.05) is 13.0 Å². The monoisotopic (exact) mass is 428 g/mol. The van der Waals surface area contributed by atoms with Crippen LogP contribution >= 0.6 is 23.1 Å². The van der Waals surface area contributed by atoms with Gasteiger partial charge in [-0.2, -0.15) is 0 Å². The Hall–Kier alpha value is -2.91. The van der Waals surface area contributed by atoms with E-state index in [0.29, 0.717) is 28.7 Å². The first-order chi connectivity index (χ1) is 14.1. The maximum absolute atomic E-state index is 12.4. The fourth-order valence-corrected chi connectivity index (χ4v) is 4.17. The van der Waals surface area contributed by atoms with E-state index in [1.807, 2.05) is 34.9 Å². The predicted octanol–water partition coefficient (Wildman–Crippen LogP) is 3.63. The third-order valence-corrected chi connectivity index (χ3v) is 5.76. The van der Waals surface area contributed by atoms with Crippen LogP contribution in [0, 0.1) is 0 Å². The van der Waals surface area contributed by atoms with Crippen LogP contribution in [0.15, 0.2) is 59.6 Å². The van der Waals surface area contributed by atoms with E-state index in [0.717, 1.165) is 11.4 Å². The molecular formula is C20H20N4O3S2. The molecular weight excluding hydrogens is 408 g/mol. The summed E-state index contributed by atoms with van der Waals surface area (Å²) < 4.78 is 6.67. The largest absolute Gasteiger partial charge is 0.465 e. The third-order valence-electron chi connectivity index (χ3n) is 3.97. The normalized spacial score (nSPS) is 10.5. The molecule has 9 heteroatoms. The van der Waals surface area contributed by atoms with Gasteiger partial charge < -0.3 is 14.6 Å². The highest BCUT2D eigenvalue weighted by molar-refractivity contribution is 7.99. The van der Waals surface area contributed by atoms with E-state index < -0.39 is 5.97 Å². The molecule has 2 heterocycles. The summed E-state index contributed by atoms with van der Waals surface area (Å²) >= 11 is 2.56. The first-order valence-electron chi connectivity index (χ1n) is 8.77. The van der Waals surface area contributed by atoms with Crippen LogP contribution in [0.2, 0.25) is 0 Å². The summed E-state index contributed by atoms with van der Waals surface area (Å²) in [5, 5.41) is 14.1. The molecule has 0 saturated carbocycles. The minimum absolute atomic E-state index is 0.138. The van der Waals surface area contributed by atoms with E-state index in [1.54, 1.807) is 17.5 Å². The second kappa shape index (κ2) is 10.0. The fourth-order valence-electron chi connectivity index (χ4n) is 2.62. The van der Waals surface area contributed by atoms with Gasteiger partial charge in [-0.25, -0.2) is 4.79 Å². The molecule has 2 aromatic heterocycles. The van der Waals surface area contributed by atoms with Gasteiger partial charge in [0.05, 0.1) is 18.4 Å². The average Bonchev–Trinajstić information content (AvgIpc) is 3.34. The van der Waals surface area contributed by atoms with Gasteiger partial charge in [0.2, 0.25) is 5.91 Å². The quantitative estimate of drug-likeness (QED) is 0.318. The van der Waals surface area contributed by atoms with E-state index in [1.165, 1.54) is 30.2 Å². The van der Waals surface area contributed by atoms with Crippen molar-refractivity contribution >= 4 is 40.0 Å². The molecule has 0 unspecified atom stereocenters. The van der Waals surface area contributed by atoms with E-state index in [9.17, 15) is 9.59 Å². The summed E-state index contributed by atoms with van der Waals surface area (Å²) in [6.07, 6.45) is 2.42. The number of hydrogen-bond donors (Lipinski definition) is 1. The van der Waals surface area contributed by atoms with Crippen LogP contribution in [-0.2, 0) is 22.5 Å². The Bertz CT molecular complexity index is 998. The zero-order valence-corrected chi connectivity index (χ0v) is 17.5. The Morgan fingerprint density at radius 3 is 2.79 bits per heavy atom. The van der Waals surface area contributed by atoms with Gasteiger partial charge in [-0.1, -0.05) is 48.2 Å². The Morgan fingerprint density at radius 2 is 2.07 bits per heavy atom. The van der Waals surface area contributed by atoms with Crippen molar-refractivity contribution in [3.63, 3.8) is 0 Å². The molecule has 1 aromatic carbocycles. The van der Waals surface area contributed by atoms with Gasteiger partial charge in [0.25, 0.3) is 0 Å². The number of nitrogens with zero attached hydrogens (tertiary/aromatic N) is 3. The summed E-state index contributed by atoms with van der Waals surface area (Å²) in [5.74, 6) is 0.232. The molecule has 0 fully saturated rings. The topological polar surface area (TPSA) is 86.1 Å². The summed E-state index contributed by atoms with van der Waals surface area (Å²) in [7, 11) is 1.31. The van der Waals surface area contributed by atoms with Gasteiger partial charge >= 0.3 is 5.97 Å². The minimum atomic E-state index is -0.481. The van der Waals surface area contributed by atoms with Crippen LogP contribution in [-0.4, -0.2) is 39.5 Å². The minimum Gasteiger partial charge on any atom is -0.465 e. The predicted molar refractivity (Wildman–Crippen MR) is 114 cm³/mol. The highest BCUT2D eigenvalue weighted by Crippen LogP contribution is 2.25. The molecule has 0 bridgehead atoms. The number of nitrogens with one attached hydrogen (secondary N) is 1. The van der Waals surface area contributed by atoms with E-state index in [4.69, 9.17) is 4.74 Å². The van der Waals surface area contributed by atoms with E-state index in [2.05, 4.69) is 22.1 Å². The number of anilines is 1. The maximum atomic E-state index is 12.4. The first-order valence-corrected chi connectivity index (χ1v) is 10.6. The van der Waals surface area contributed by atoms with Crippen LogP contribution < -0.4 is 5.32 Å². The molecule has 1 N–H and O–H groups in total. The van der Waals surface area contributed by atoms with Crippen molar-refractivity contribution < 1.29 is 14.3 Å². The zero-order valence-electron chi connectivity index (χ0n) is 15.8. The smallest absolute Gasteiger partial charge is 0.340 e. The van der Waals surface area contributed by atoms with Crippen LogP contribution in [0.1, 0.15) is 21.7 Å². The first kappa shape index (κ1) is 20.8. The number of carbonyl (C=O) groups is 2. The van der Waals surface area contributed by atoms with Crippen molar-refractivity contribution in [1.29, 1.82) is 0 Å². The molecule has 3 aromatic rings. The second-order valence-corrected chi connectivity index (χ2v) is 7.81. The van der Waals surface area contributed by atoms with Crippen molar-refractivity contribution in [2.45, 2.75) is 18.1 Å². The van der Waals surface area contributed by atoms with Gasteiger partial charge in [-0.3, -0.25) is 4.79 Å². The SMILES string of the molecule is C=CCn1c(Cc2ccccc2)nnc1SCC(=O)Nc1sccc1C(=O)OC. The standard InChI is InChI=1S/C20H20N4O3S2/c1-3-10-24-16(12-14-7-5-4-6-8-14)22-23-20(24)29-13-17(25)21-18-15(9-11-28-18)19(26)27-2/h3-9,11H,1,10,12-13H2,2H3,(H,21,25). The number of rotatable bonds is 9. The summed E-state index contributed by atoms with van der Waals surface area (Å²) in [5.41, 5.74) is 1.48. The zero-order chi connectivity index (χ0) is 20.6. The second-order valence-electron chi connectivity index (χ2n) is 5.95. The van der Waals surface area contributed by atoms with Crippen molar-refractivity contribution in [3.05, 3.63) is 71.4 Å². The number of thioether (sulfide) groups is 1. The lowest BCUT2D eigenvalue weighted by molar-refractivity contribution is -0.113. The number of esters is 1.